The van der Waals surface area contributed by atoms with Crippen molar-refractivity contribution in [3.63, 3.8) is 0 Å². The zero-order valence-corrected chi connectivity index (χ0v) is 11.7. The Hall–Kier alpha value is -1.26. The lowest BCUT2D eigenvalue weighted by Gasteiger charge is -2.24. The van der Waals surface area contributed by atoms with Crippen LogP contribution in [0.15, 0.2) is 24.3 Å². The van der Waals surface area contributed by atoms with Gasteiger partial charge in [-0.1, -0.05) is 6.07 Å². The molecule has 106 valence electrons. The molecule has 0 amide bonds. The van der Waals surface area contributed by atoms with E-state index in [1.165, 1.54) is 12.8 Å². The van der Waals surface area contributed by atoms with Gasteiger partial charge in [0.15, 0.2) is 0 Å². The lowest BCUT2D eigenvalue weighted by atomic mass is 10.1. The Balaban J connectivity index is 1.80. The first kappa shape index (κ1) is 14.2. The fourth-order valence-electron chi connectivity index (χ4n) is 1.76. The van der Waals surface area contributed by atoms with E-state index in [0.717, 1.165) is 11.5 Å². The van der Waals surface area contributed by atoms with Gasteiger partial charge in [-0.2, -0.15) is 0 Å². The molecule has 19 heavy (non-hydrogen) atoms. The molecule has 0 heterocycles. The van der Waals surface area contributed by atoms with E-state index in [2.05, 4.69) is 5.32 Å². The van der Waals surface area contributed by atoms with Crippen LogP contribution in [-0.2, 0) is 0 Å². The van der Waals surface area contributed by atoms with Crippen molar-refractivity contribution in [1.82, 2.24) is 5.32 Å². The van der Waals surface area contributed by atoms with Crippen LogP contribution in [0.1, 0.15) is 26.7 Å². The zero-order valence-electron chi connectivity index (χ0n) is 11.7. The molecule has 1 atom stereocenters. The Labute approximate surface area is 114 Å². The number of hydrogen-bond donors (Lipinski definition) is 2. The Bertz CT molecular complexity index is 402. The Morgan fingerprint density at radius 3 is 2.63 bits per heavy atom. The van der Waals surface area contributed by atoms with Crippen LogP contribution in [0.5, 0.6) is 11.5 Å². The third kappa shape index (κ3) is 5.09. The molecule has 2 rings (SSSR count). The molecule has 1 aliphatic carbocycles. The normalized spacial score (nSPS) is 17.8. The van der Waals surface area contributed by atoms with Crippen LogP contribution in [-0.4, -0.2) is 36.5 Å². The fourth-order valence-corrected chi connectivity index (χ4v) is 1.76. The number of nitrogens with one attached hydrogen (secondary N) is 1. The van der Waals surface area contributed by atoms with E-state index in [-0.39, 0.29) is 6.61 Å². The summed E-state index contributed by atoms with van der Waals surface area (Å²) in [4.78, 5) is 0. The topological polar surface area (TPSA) is 50.7 Å². The highest BCUT2D eigenvalue weighted by Crippen LogP contribution is 2.21. The molecule has 0 spiro atoms. The number of rotatable bonds is 8. The summed E-state index contributed by atoms with van der Waals surface area (Å²) >= 11 is 0. The third-order valence-corrected chi connectivity index (χ3v) is 3.02. The van der Waals surface area contributed by atoms with Crippen molar-refractivity contribution in [2.75, 3.05) is 19.8 Å². The van der Waals surface area contributed by atoms with Crippen LogP contribution in [0.2, 0.25) is 0 Å². The maximum absolute atomic E-state index is 10.2. The van der Waals surface area contributed by atoms with E-state index >= 15 is 0 Å². The molecule has 1 unspecified atom stereocenters. The predicted octanol–water partition coefficient (Wildman–Crippen LogP) is 1.97. The van der Waals surface area contributed by atoms with Crippen molar-refractivity contribution in [1.29, 1.82) is 0 Å². The largest absolute Gasteiger partial charge is 0.494 e. The molecule has 0 aliphatic heterocycles. The maximum Gasteiger partial charge on any atom is 0.123 e. The average molecular weight is 265 g/mol. The molecule has 2 N–H and O–H groups in total. The van der Waals surface area contributed by atoms with Crippen LogP contribution in [0.4, 0.5) is 0 Å². The van der Waals surface area contributed by atoms with Crippen molar-refractivity contribution in [3.8, 4) is 11.5 Å². The van der Waals surface area contributed by atoms with Gasteiger partial charge >= 0.3 is 0 Å². The van der Waals surface area contributed by atoms with Crippen molar-refractivity contribution >= 4 is 0 Å². The summed E-state index contributed by atoms with van der Waals surface area (Å²) in [6.07, 6.45) is 2.43. The second kappa shape index (κ2) is 6.26. The van der Waals surface area contributed by atoms with Crippen LogP contribution >= 0.6 is 0 Å². The highest BCUT2D eigenvalue weighted by molar-refractivity contribution is 5.32. The molecule has 0 radical (unpaired) electrons. The average Bonchev–Trinajstić information content (AvgIpc) is 3.19. The molecular formula is C15H23NO3. The van der Waals surface area contributed by atoms with E-state index < -0.39 is 5.60 Å². The summed E-state index contributed by atoms with van der Waals surface area (Å²) in [7, 11) is 0. The second-order valence-electron chi connectivity index (χ2n) is 5.35. The van der Waals surface area contributed by atoms with Gasteiger partial charge in [0.05, 0.1) is 6.61 Å². The monoisotopic (exact) mass is 265 g/mol. The minimum absolute atomic E-state index is 0.266. The standard InChI is InChI=1S/C15H23NO3/c1-3-18-13-5-4-6-14(9-13)19-11-15(2,17)10-16-12-7-8-12/h4-6,9,12,16-17H,3,7-8,10-11H2,1-2H3. The van der Waals surface area contributed by atoms with Gasteiger partial charge in [0.1, 0.15) is 23.7 Å². The van der Waals surface area contributed by atoms with Gasteiger partial charge in [0.2, 0.25) is 0 Å². The van der Waals surface area contributed by atoms with Crippen LogP contribution in [0.3, 0.4) is 0 Å². The molecule has 1 aromatic rings. The molecule has 0 bridgehead atoms. The van der Waals surface area contributed by atoms with Crippen molar-refractivity contribution in [2.24, 2.45) is 0 Å². The molecule has 1 aromatic carbocycles. The first-order valence-corrected chi connectivity index (χ1v) is 6.90. The molecule has 0 saturated heterocycles. The third-order valence-electron chi connectivity index (χ3n) is 3.02. The lowest BCUT2D eigenvalue weighted by molar-refractivity contribution is 0.0119. The van der Waals surface area contributed by atoms with Crippen molar-refractivity contribution in [3.05, 3.63) is 24.3 Å². The maximum atomic E-state index is 10.2. The smallest absolute Gasteiger partial charge is 0.123 e. The quantitative estimate of drug-likeness (QED) is 0.754. The second-order valence-corrected chi connectivity index (χ2v) is 5.35. The number of hydrogen-bond acceptors (Lipinski definition) is 4. The van der Waals surface area contributed by atoms with Gasteiger partial charge in [-0.05, 0) is 38.8 Å². The summed E-state index contributed by atoms with van der Waals surface area (Å²) < 4.78 is 11.1. The number of aliphatic hydroxyl groups is 1. The van der Waals surface area contributed by atoms with Crippen LogP contribution in [0, 0.1) is 0 Å². The van der Waals surface area contributed by atoms with Gasteiger partial charge in [-0.25, -0.2) is 0 Å². The molecule has 1 fully saturated rings. The SMILES string of the molecule is CCOc1cccc(OCC(C)(O)CNC2CC2)c1. The Morgan fingerprint density at radius 2 is 2.00 bits per heavy atom. The van der Waals surface area contributed by atoms with Crippen LogP contribution in [0.25, 0.3) is 0 Å². The summed E-state index contributed by atoms with van der Waals surface area (Å²) in [5, 5.41) is 13.5. The summed E-state index contributed by atoms with van der Waals surface area (Å²) in [5.41, 5.74) is -0.857. The van der Waals surface area contributed by atoms with Gasteiger partial charge in [-0.3, -0.25) is 0 Å². The fraction of sp³-hybridized carbons (Fsp3) is 0.600. The number of benzene rings is 1. The Morgan fingerprint density at radius 1 is 1.32 bits per heavy atom. The van der Waals surface area contributed by atoms with E-state index in [9.17, 15) is 5.11 Å². The minimum Gasteiger partial charge on any atom is -0.494 e. The molecule has 0 aromatic heterocycles. The minimum atomic E-state index is -0.857. The van der Waals surface area contributed by atoms with Crippen molar-refractivity contribution in [2.45, 2.75) is 38.3 Å². The van der Waals surface area contributed by atoms with E-state index in [1.807, 2.05) is 31.2 Å². The van der Waals surface area contributed by atoms with E-state index in [4.69, 9.17) is 9.47 Å². The van der Waals surface area contributed by atoms with Gasteiger partial charge in [0.25, 0.3) is 0 Å². The van der Waals surface area contributed by atoms with Crippen molar-refractivity contribution < 1.29 is 14.6 Å². The van der Waals surface area contributed by atoms with Gasteiger partial charge < -0.3 is 19.9 Å². The predicted molar refractivity (Wildman–Crippen MR) is 74.8 cm³/mol. The molecule has 1 aliphatic rings. The molecule has 4 nitrogen and oxygen atoms in total. The van der Waals surface area contributed by atoms with Gasteiger partial charge in [-0.15, -0.1) is 0 Å². The summed E-state index contributed by atoms with van der Waals surface area (Å²) in [6.45, 7) is 5.19. The highest BCUT2D eigenvalue weighted by Gasteiger charge is 2.27. The molecular weight excluding hydrogens is 242 g/mol. The van der Waals surface area contributed by atoms with Gasteiger partial charge in [0, 0.05) is 18.7 Å². The van der Waals surface area contributed by atoms with Crippen LogP contribution < -0.4 is 14.8 Å². The number of ether oxygens (including phenoxy) is 2. The van der Waals surface area contributed by atoms with E-state index in [1.54, 1.807) is 6.92 Å². The van der Waals surface area contributed by atoms with E-state index in [0.29, 0.717) is 19.2 Å². The summed E-state index contributed by atoms with van der Waals surface area (Å²) in [6, 6.07) is 8.08. The molecule has 1 saturated carbocycles. The highest BCUT2D eigenvalue weighted by atomic mass is 16.5. The zero-order chi connectivity index (χ0) is 13.7. The lowest BCUT2D eigenvalue weighted by Crippen LogP contribution is -2.43. The summed E-state index contributed by atoms with van der Waals surface area (Å²) in [5.74, 6) is 1.51. The first-order chi connectivity index (χ1) is 9.09. The first-order valence-electron chi connectivity index (χ1n) is 6.90. The molecule has 4 heteroatoms. The Kier molecular flexibility index (Phi) is 4.66.